The van der Waals surface area contributed by atoms with Gasteiger partial charge in [0.05, 0.1) is 0 Å². The van der Waals surface area contributed by atoms with Crippen molar-refractivity contribution in [2.75, 3.05) is 0 Å². The lowest BCUT2D eigenvalue weighted by atomic mass is 9.85. The van der Waals surface area contributed by atoms with E-state index in [1.165, 1.54) is 103 Å². The largest absolute Gasteiger partial charge is 0.0914 e. The molecule has 0 saturated carbocycles. The van der Waals surface area contributed by atoms with Crippen LogP contribution in [0.15, 0.2) is 48.6 Å². The van der Waals surface area contributed by atoms with E-state index < -0.39 is 0 Å². The van der Waals surface area contributed by atoms with Crippen molar-refractivity contribution in [3.05, 3.63) is 48.6 Å². The molecule has 0 atom stereocenters. The topological polar surface area (TPSA) is 0 Å². The van der Waals surface area contributed by atoms with Crippen LogP contribution in [0.1, 0.15) is 143 Å². The van der Waals surface area contributed by atoms with E-state index in [1.807, 2.05) is 0 Å². The van der Waals surface area contributed by atoms with E-state index in [0.717, 1.165) is 24.7 Å². The Morgan fingerprint density at radius 1 is 0.438 bits per heavy atom. The van der Waals surface area contributed by atoms with Crippen molar-refractivity contribution in [1.82, 2.24) is 0 Å². The highest BCUT2D eigenvalue weighted by Crippen LogP contribution is 2.25. The van der Waals surface area contributed by atoms with Gasteiger partial charge in [0, 0.05) is 0 Å². The van der Waals surface area contributed by atoms with Gasteiger partial charge in [0.15, 0.2) is 0 Å². The highest BCUT2D eigenvalue weighted by atomic mass is 14.2. The van der Waals surface area contributed by atoms with Crippen LogP contribution in [0.4, 0.5) is 0 Å². The molecule has 0 radical (unpaired) electrons. The minimum atomic E-state index is 0.860. The Balaban J connectivity index is 3.53. The smallest absolute Gasteiger partial charge is 0.0169 e. The van der Waals surface area contributed by atoms with Gasteiger partial charge >= 0.3 is 0 Å². The van der Waals surface area contributed by atoms with Gasteiger partial charge in [-0.2, -0.15) is 0 Å². The molecule has 0 aliphatic heterocycles. The normalized spacial score (nSPS) is 12.8. The van der Waals surface area contributed by atoms with Crippen LogP contribution in [-0.4, -0.2) is 0 Å². The number of hydrogen-bond donors (Lipinski definition) is 0. The third-order valence-electron chi connectivity index (χ3n) is 6.68. The Morgan fingerprint density at radius 3 is 1.19 bits per heavy atom. The van der Waals surface area contributed by atoms with Crippen LogP contribution in [0.5, 0.6) is 0 Å². The van der Waals surface area contributed by atoms with Crippen molar-refractivity contribution < 1.29 is 0 Å². The number of unbranched alkanes of at least 4 members (excludes halogenated alkanes) is 12. The van der Waals surface area contributed by atoms with Crippen molar-refractivity contribution in [2.24, 2.45) is 11.8 Å². The molecule has 0 rings (SSSR count). The Bertz CT molecular complexity index is 422. The molecular formula is C32H58. The fourth-order valence-electron chi connectivity index (χ4n) is 4.42. The Kier molecular flexibility index (Phi) is 25.4. The maximum Gasteiger partial charge on any atom is -0.0169 e. The molecule has 0 aromatic carbocycles. The molecule has 186 valence electrons. The lowest BCUT2D eigenvalue weighted by Crippen LogP contribution is -2.08. The van der Waals surface area contributed by atoms with E-state index in [0.29, 0.717) is 0 Å². The third-order valence-corrected chi connectivity index (χ3v) is 6.68. The lowest BCUT2D eigenvalue weighted by Gasteiger charge is -2.20. The quantitative estimate of drug-likeness (QED) is 0.109. The van der Waals surface area contributed by atoms with Gasteiger partial charge in [0.25, 0.3) is 0 Å². The van der Waals surface area contributed by atoms with Gasteiger partial charge in [-0.1, -0.05) is 140 Å². The number of rotatable bonds is 23. The van der Waals surface area contributed by atoms with Crippen molar-refractivity contribution in [1.29, 1.82) is 0 Å². The summed E-state index contributed by atoms with van der Waals surface area (Å²) in [4.78, 5) is 0. The molecule has 0 heteroatoms. The summed E-state index contributed by atoms with van der Waals surface area (Å²) in [7, 11) is 0. The van der Waals surface area contributed by atoms with Crippen LogP contribution in [-0.2, 0) is 0 Å². The van der Waals surface area contributed by atoms with Gasteiger partial charge < -0.3 is 0 Å². The molecule has 0 aromatic heterocycles. The highest BCUT2D eigenvalue weighted by Gasteiger charge is 2.12. The predicted molar refractivity (Wildman–Crippen MR) is 149 cm³/mol. The second-order valence-electron chi connectivity index (χ2n) is 9.95. The molecule has 0 nitrogen and oxygen atoms in total. The van der Waals surface area contributed by atoms with E-state index in [9.17, 15) is 0 Å². The van der Waals surface area contributed by atoms with E-state index >= 15 is 0 Å². The van der Waals surface area contributed by atoms with E-state index in [1.54, 1.807) is 0 Å². The zero-order chi connectivity index (χ0) is 23.5. The molecular weight excluding hydrogens is 384 g/mol. The van der Waals surface area contributed by atoms with Gasteiger partial charge in [-0.15, -0.1) is 0 Å². The van der Waals surface area contributed by atoms with E-state index in [-0.39, 0.29) is 0 Å². The van der Waals surface area contributed by atoms with Gasteiger partial charge in [-0.05, 0) is 64.2 Å². The number of allylic oxidation sites excluding steroid dienone is 8. The summed E-state index contributed by atoms with van der Waals surface area (Å²) >= 11 is 0. The van der Waals surface area contributed by atoms with Crippen LogP contribution in [0.2, 0.25) is 0 Å². The first-order valence-corrected chi connectivity index (χ1v) is 14.2. The second kappa shape index (κ2) is 26.2. The molecule has 0 heterocycles. The molecule has 0 unspecified atom stereocenters. The number of hydrogen-bond acceptors (Lipinski definition) is 0. The fraction of sp³-hybridized carbons (Fsp3) is 0.750. The van der Waals surface area contributed by atoms with Crippen LogP contribution in [0.25, 0.3) is 0 Å². The minimum Gasteiger partial charge on any atom is -0.0914 e. The van der Waals surface area contributed by atoms with Crippen molar-refractivity contribution >= 4 is 0 Å². The lowest BCUT2D eigenvalue weighted by molar-refractivity contribution is 0.312. The molecule has 0 bridgehead atoms. The van der Waals surface area contributed by atoms with Crippen molar-refractivity contribution in [3.63, 3.8) is 0 Å². The first kappa shape index (κ1) is 31.0. The Labute approximate surface area is 203 Å². The molecule has 32 heavy (non-hydrogen) atoms. The maximum atomic E-state index is 2.44. The van der Waals surface area contributed by atoms with Crippen molar-refractivity contribution in [3.8, 4) is 0 Å². The third kappa shape index (κ3) is 23.6. The van der Waals surface area contributed by atoms with Gasteiger partial charge in [0.2, 0.25) is 0 Å². The van der Waals surface area contributed by atoms with Crippen molar-refractivity contribution in [2.45, 2.75) is 143 Å². The van der Waals surface area contributed by atoms with Gasteiger partial charge in [-0.25, -0.2) is 0 Å². The van der Waals surface area contributed by atoms with Gasteiger partial charge in [0.1, 0.15) is 0 Å². The molecule has 0 aliphatic rings. The average molecular weight is 443 g/mol. The summed E-state index contributed by atoms with van der Waals surface area (Å²) in [6, 6.07) is 0. The zero-order valence-electron chi connectivity index (χ0n) is 22.5. The Hall–Kier alpha value is -1.04. The van der Waals surface area contributed by atoms with Crippen LogP contribution >= 0.6 is 0 Å². The average Bonchev–Trinajstić information content (AvgIpc) is 2.78. The molecule has 0 saturated heterocycles. The first-order valence-electron chi connectivity index (χ1n) is 14.2. The fourth-order valence-corrected chi connectivity index (χ4v) is 4.42. The molecule has 0 aliphatic carbocycles. The maximum absolute atomic E-state index is 2.44. The summed E-state index contributed by atoms with van der Waals surface area (Å²) in [5.74, 6) is 1.82. The predicted octanol–water partition coefficient (Wildman–Crippen LogP) is 11.5. The van der Waals surface area contributed by atoms with Crippen LogP contribution in [0.3, 0.4) is 0 Å². The molecule has 0 fully saturated rings. The van der Waals surface area contributed by atoms with Crippen LogP contribution in [0, 0.1) is 11.8 Å². The monoisotopic (exact) mass is 442 g/mol. The van der Waals surface area contributed by atoms with E-state index in [4.69, 9.17) is 0 Å². The molecule has 0 N–H and O–H groups in total. The molecule has 0 aromatic rings. The summed E-state index contributed by atoms with van der Waals surface area (Å²) in [5, 5.41) is 0. The molecule has 0 amide bonds. The second-order valence-corrected chi connectivity index (χ2v) is 9.95. The van der Waals surface area contributed by atoms with E-state index in [2.05, 4.69) is 76.3 Å². The first-order chi connectivity index (χ1) is 15.7. The molecule has 0 spiro atoms. The SMILES string of the molecule is C/C=C/C/C=C/CCCCCCCCC(CCCCCCCC/C=C/C/C=C/C)C(C)C. The zero-order valence-corrected chi connectivity index (χ0v) is 22.5. The minimum absolute atomic E-state index is 0.860. The summed E-state index contributed by atoms with van der Waals surface area (Å²) in [5.41, 5.74) is 0. The standard InChI is InChI=1S/C32H58/c1-5-7-9-11-13-15-17-19-21-23-25-27-29-32(31(3)4)30-28-26-24-22-20-18-16-14-12-10-8-6-2/h5-8,11-14,31-32H,9-10,15-30H2,1-4H3/b7-5+,8-6+,13-11+,14-12+. The highest BCUT2D eigenvalue weighted by molar-refractivity contribution is 4.91. The van der Waals surface area contributed by atoms with Crippen LogP contribution < -0.4 is 0 Å². The summed E-state index contributed by atoms with van der Waals surface area (Å²) in [6.07, 6.45) is 42.8. The summed E-state index contributed by atoms with van der Waals surface area (Å²) in [6.45, 7) is 9.07. The summed E-state index contributed by atoms with van der Waals surface area (Å²) < 4.78 is 0. The van der Waals surface area contributed by atoms with Gasteiger partial charge in [-0.3, -0.25) is 0 Å². The Morgan fingerprint density at radius 2 is 0.812 bits per heavy atom.